The first-order valence-corrected chi connectivity index (χ1v) is 9.63. The molecule has 0 fully saturated rings. The highest BCUT2D eigenvalue weighted by Gasteiger charge is 2.19. The Balaban J connectivity index is 1.93. The number of anilines is 1. The highest BCUT2D eigenvalue weighted by molar-refractivity contribution is 9.10. The molecule has 3 aromatic rings. The average molecular weight is 437 g/mol. The fourth-order valence-electron chi connectivity index (χ4n) is 2.33. The first-order chi connectivity index (χ1) is 12.0. The lowest BCUT2D eigenvalue weighted by atomic mass is 10.1. The van der Waals surface area contributed by atoms with Crippen molar-refractivity contribution in [3.8, 4) is 11.3 Å². The summed E-state index contributed by atoms with van der Waals surface area (Å²) in [6, 6.07) is 11.6. The summed E-state index contributed by atoms with van der Waals surface area (Å²) in [6.07, 6.45) is 1.55. The number of aromatic nitrogens is 2. The van der Waals surface area contributed by atoms with Gasteiger partial charge in [0, 0.05) is 21.1 Å². The molecule has 0 spiro atoms. The predicted octanol–water partition coefficient (Wildman–Crippen LogP) is 6.00. The van der Waals surface area contributed by atoms with Gasteiger partial charge in [-0.1, -0.05) is 55.8 Å². The third-order valence-electron chi connectivity index (χ3n) is 3.50. The van der Waals surface area contributed by atoms with Gasteiger partial charge in [-0.15, -0.1) is 11.3 Å². The molecule has 1 aromatic carbocycles. The zero-order valence-corrected chi connectivity index (χ0v) is 16.7. The number of benzene rings is 1. The van der Waals surface area contributed by atoms with Crippen molar-refractivity contribution in [1.29, 1.82) is 0 Å². The van der Waals surface area contributed by atoms with Crippen molar-refractivity contribution in [1.82, 2.24) is 9.97 Å². The smallest absolute Gasteiger partial charge is 0.260 e. The zero-order chi connectivity index (χ0) is 18.0. The molecule has 3 rings (SSSR count). The van der Waals surface area contributed by atoms with Crippen molar-refractivity contribution in [2.75, 3.05) is 5.32 Å². The normalized spacial score (nSPS) is 10.9. The van der Waals surface area contributed by atoms with E-state index in [1.807, 2.05) is 30.3 Å². The molecular formula is C18H15BrClN3OS. The Labute approximate surface area is 163 Å². The number of hydrogen-bond acceptors (Lipinski definition) is 4. The number of hydrogen-bond donors (Lipinski definition) is 1. The predicted molar refractivity (Wildman–Crippen MR) is 107 cm³/mol. The molecule has 0 saturated carbocycles. The van der Waals surface area contributed by atoms with Crippen molar-refractivity contribution >= 4 is 49.9 Å². The second kappa shape index (κ2) is 7.64. The van der Waals surface area contributed by atoms with Crippen LogP contribution in [0.3, 0.4) is 0 Å². The Kier molecular flexibility index (Phi) is 5.51. The highest BCUT2D eigenvalue weighted by Crippen LogP contribution is 2.36. The van der Waals surface area contributed by atoms with Crippen LogP contribution in [0.2, 0.25) is 5.15 Å². The van der Waals surface area contributed by atoms with Crippen LogP contribution in [0.1, 0.15) is 35.0 Å². The molecule has 0 bridgehead atoms. The standard InChI is InChI=1S/C18H15BrClN3OS/c1-10(2)15-14(11-6-4-3-5-7-11)22-18(25-15)23-17(24)13-8-12(19)9-21-16(13)20/h3-10H,1-2H3,(H,22,23,24). The van der Waals surface area contributed by atoms with Crippen LogP contribution in [-0.4, -0.2) is 15.9 Å². The number of carbonyl (C=O) groups excluding carboxylic acids is 1. The monoisotopic (exact) mass is 435 g/mol. The molecular weight excluding hydrogens is 422 g/mol. The number of nitrogens with zero attached hydrogens (tertiary/aromatic N) is 2. The highest BCUT2D eigenvalue weighted by atomic mass is 79.9. The van der Waals surface area contributed by atoms with Gasteiger partial charge in [0.2, 0.25) is 0 Å². The van der Waals surface area contributed by atoms with Crippen molar-refractivity contribution in [3.63, 3.8) is 0 Å². The van der Waals surface area contributed by atoms with Gasteiger partial charge in [-0.3, -0.25) is 10.1 Å². The average Bonchev–Trinajstić information content (AvgIpc) is 3.02. The molecule has 2 heterocycles. The molecule has 25 heavy (non-hydrogen) atoms. The van der Waals surface area contributed by atoms with Crippen LogP contribution in [0.15, 0.2) is 47.1 Å². The fraction of sp³-hybridized carbons (Fsp3) is 0.167. The van der Waals surface area contributed by atoms with Gasteiger partial charge >= 0.3 is 0 Å². The lowest BCUT2D eigenvalue weighted by molar-refractivity contribution is 0.102. The lowest BCUT2D eigenvalue weighted by Gasteiger charge is -2.04. The Morgan fingerprint density at radius 3 is 2.68 bits per heavy atom. The Hall–Kier alpha value is -1.76. The van der Waals surface area contributed by atoms with Crippen LogP contribution in [0.5, 0.6) is 0 Å². The van der Waals surface area contributed by atoms with Crippen LogP contribution in [0, 0.1) is 0 Å². The summed E-state index contributed by atoms with van der Waals surface area (Å²) in [5.41, 5.74) is 2.23. The zero-order valence-electron chi connectivity index (χ0n) is 13.6. The topological polar surface area (TPSA) is 54.9 Å². The molecule has 7 heteroatoms. The molecule has 0 radical (unpaired) electrons. The van der Waals surface area contributed by atoms with Crippen LogP contribution < -0.4 is 5.32 Å². The number of rotatable bonds is 4. The van der Waals surface area contributed by atoms with Gasteiger partial charge in [-0.25, -0.2) is 9.97 Å². The van der Waals surface area contributed by atoms with Gasteiger partial charge in [-0.05, 0) is 27.9 Å². The van der Waals surface area contributed by atoms with E-state index in [2.05, 4.69) is 45.1 Å². The van der Waals surface area contributed by atoms with E-state index in [9.17, 15) is 4.79 Å². The molecule has 1 N–H and O–H groups in total. The Morgan fingerprint density at radius 2 is 2.00 bits per heavy atom. The largest absolute Gasteiger partial charge is 0.298 e. The first-order valence-electron chi connectivity index (χ1n) is 7.64. The van der Waals surface area contributed by atoms with Crippen LogP contribution in [0.25, 0.3) is 11.3 Å². The van der Waals surface area contributed by atoms with Crippen molar-refractivity contribution in [2.24, 2.45) is 0 Å². The lowest BCUT2D eigenvalue weighted by Crippen LogP contribution is -2.12. The molecule has 0 aliphatic rings. The number of nitrogens with one attached hydrogen (secondary N) is 1. The Morgan fingerprint density at radius 1 is 1.28 bits per heavy atom. The van der Waals surface area contributed by atoms with E-state index >= 15 is 0 Å². The van der Waals surface area contributed by atoms with Gasteiger partial charge in [-0.2, -0.15) is 0 Å². The van der Waals surface area contributed by atoms with Crippen LogP contribution in [-0.2, 0) is 0 Å². The van der Waals surface area contributed by atoms with Crippen LogP contribution in [0.4, 0.5) is 5.13 Å². The summed E-state index contributed by atoms with van der Waals surface area (Å²) in [6.45, 7) is 4.22. The van der Waals surface area contributed by atoms with E-state index in [1.165, 1.54) is 11.3 Å². The van der Waals surface area contributed by atoms with E-state index in [0.29, 0.717) is 21.1 Å². The number of pyridine rings is 1. The van der Waals surface area contributed by atoms with Crippen molar-refractivity contribution < 1.29 is 4.79 Å². The van der Waals surface area contributed by atoms with E-state index < -0.39 is 0 Å². The maximum absolute atomic E-state index is 12.5. The van der Waals surface area contributed by atoms with Gasteiger partial charge in [0.25, 0.3) is 5.91 Å². The van der Waals surface area contributed by atoms with Crippen molar-refractivity contribution in [2.45, 2.75) is 19.8 Å². The maximum Gasteiger partial charge on any atom is 0.260 e. The van der Waals surface area contributed by atoms with Gasteiger partial charge < -0.3 is 0 Å². The number of amides is 1. The van der Waals surface area contributed by atoms with Gasteiger partial charge in [0.1, 0.15) is 5.15 Å². The molecule has 0 saturated heterocycles. The summed E-state index contributed by atoms with van der Waals surface area (Å²) in [5, 5.41) is 3.54. The minimum absolute atomic E-state index is 0.157. The minimum Gasteiger partial charge on any atom is -0.298 e. The molecule has 0 aliphatic heterocycles. The van der Waals surface area contributed by atoms with Crippen LogP contribution >= 0.6 is 38.9 Å². The minimum atomic E-state index is -0.331. The molecule has 128 valence electrons. The molecule has 0 atom stereocenters. The second-order valence-electron chi connectivity index (χ2n) is 5.70. The summed E-state index contributed by atoms with van der Waals surface area (Å²) in [7, 11) is 0. The summed E-state index contributed by atoms with van der Waals surface area (Å²) >= 11 is 10.8. The maximum atomic E-state index is 12.5. The summed E-state index contributed by atoms with van der Waals surface area (Å²) in [4.78, 5) is 22.3. The molecule has 0 unspecified atom stereocenters. The number of carbonyl (C=O) groups is 1. The van der Waals surface area contributed by atoms with E-state index in [4.69, 9.17) is 11.6 Å². The third kappa shape index (κ3) is 4.08. The molecule has 0 aliphatic carbocycles. The van der Waals surface area contributed by atoms with Gasteiger partial charge in [0.15, 0.2) is 5.13 Å². The van der Waals surface area contributed by atoms with Gasteiger partial charge in [0.05, 0.1) is 11.3 Å². The Bertz CT molecular complexity index is 912. The first kappa shape index (κ1) is 18.0. The third-order valence-corrected chi connectivity index (χ3v) is 5.50. The fourth-order valence-corrected chi connectivity index (χ4v) is 3.83. The number of halogens is 2. The molecule has 1 amide bonds. The van der Waals surface area contributed by atoms with Crippen molar-refractivity contribution in [3.05, 3.63) is 62.7 Å². The van der Waals surface area contributed by atoms with E-state index in [1.54, 1.807) is 12.3 Å². The van der Waals surface area contributed by atoms with E-state index in [0.717, 1.165) is 16.1 Å². The SMILES string of the molecule is CC(C)c1sc(NC(=O)c2cc(Br)cnc2Cl)nc1-c1ccccc1. The quantitative estimate of drug-likeness (QED) is 0.511. The summed E-state index contributed by atoms with van der Waals surface area (Å²) < 4.78 is 0.689. The second-order valence-corrected chi connectivity index (χ2v) is 8.00. The number of thiazole rings is 1. The molecule has 4 nitrogen and oxygen atoms in total. The summed E-state index contributed by atoms with van der Waals surface area (Å²) in [5.74, 6) is -0.0306. The van der Waals surface area contributed by atoms with E-state index in [-0.39, 0.29) is 11.1 Å². The molecule has 2 aromatic heterocycles.